The van der Waals surface area contributed by atoms with Crippen molar-refractivity contribution in [3.05, 3.63) is 52.9 Å². The summed E-state index contributed by atoms with van der Waals surface area (Å²) in [5, 5.41) is 1.01. The van der Waals surface area contributed by atoms with Crippen molar-refractivity contribution in [2.45, 2.75) is 11.8 Å². The Bertz CT molecular complexity index is 836. The van der Waals surface area contributed by atoms with Crippen LogP contribution in [0.4, 0.5) is 4.39 Å². The maximum absolute atomic E-state index is 13.8. The van der Waals surface area contributed by atoms with Crippen LogP contribution >= 0.6 is 23.4 Å². The largest absolute Gasteiger partial charge is 0.228 e. The highest BCUT2D eigenvalue weighted by Gasteiger charge is 2.12. The number of aromatic nitrogens is 2. The minimum absolute atomic E-state index is 0.290. The van der Waals surface area contributed by atoms with Crippen LogP contribution in [-0.4, -0.2) is 16.2 Å². The number of hydrogen-bond acceptors (Lipinski definition) is 3. The first-order valence-electron chi connectivity index (χ1n) is 6.37. The molecule has 0 spiro atoms. The summed E-state index contributed by atoms with van der Waals surface area (Å²) in [6, 6.07) is 10.9. The van der Waals surface area contributed by atoms with Gasteiger partial charge in [0.1, 0.15) is 11.0 Å². The van der Waals surface area contributed by atoms with Gasteiger partial charge in [-0.3, -0.25) is 0 Å². The van der Waals surface area contributed by atoms with E-state index in [9.17, 15) is 4.39 Å². The molecule has 2 aromatic carbocycles. The first-order valence-corrected chi connectivity index (χ1v) is 7.97. The highest BCUT2D eigenvalue weighted by Crippen LogP contribution is 2.31. The fraction of sp³-hybridized carbons (Fsp3) is 0.125. The summed E-state index contributed by atoms with van der Waals surface area (Å²) in [5.74, 6) is 0.224. The Balaban J connectivity index is 2.27. The second-order valence-corrected chi connectivity index (χ2v) is 5.86. The van der Waals surface area contributed by atoms with E-state index in [-0.39, 0.29) is 5.82 Å². The number of aryl methyl sites for hydroxylation is 1. The summed E-state index contributed by atoms with van der Waals surface area (Å²) in [4.78, 5) is 9.89. The predicted octanol–water partition coefficient (Wildman–Crippen LogP) is 5.12. The Hall–Kier alpha value is -1.65. The van der Waals surface area contributed by atoms with Crippen molar-refractivity contribution in [2.75, 3.05) is 6.26 Å². The van der Waals surface area contributed by atoms with Crippen LogP contribution in [0.2, 0.25) is 5.15 Å². The molecule has 0 saturated heterocycles. The second kappa shape index (κ2) is 5.62. The zero-order valence-corrected chi connectivity index (χ0v) is 13.1. The molecule has 3 aromatic rings. The van der Waals surface area contributed by atoms with Gasteiger partial charge in [-0.2, -0.15) is 0 Å². The molecule has 0 aliphatic rings. The van der Waals surface area contributed by atoms with E-state index in [0.29, 0.717) is 27.4 Å². The van der Waals surface area contributed by atoms with Crippen LogP contribution in [0.1, 0.15) is 5.56 Å². The number of nitrogens with zero attached hydrogens (tertiary/aromatic N) is 2. The van der Waals surface area contributed by atoms with Gasteiger partial charge in [-0.05, 0) is 30.9 Å². The van der Waals surface area contributed by atoms with Crippen LogP contribution in [0.25, 0.3) is 22.3 Å². The molecule has 2 nitrogen and oxygen atoms in total. The molecular formula is C16H12ClFN2S. The van der Waals surface area contributed by atoms with E-state index < -0.39 is 0 Å². The summed E-state index contributed by atoms with van der Waals surface area (Å²) in [7, 11) is 0. The molecule has 0 bridgehead atoms. The molecule has 106 valence electrons. The molecule has 1 aromatic heterocycles. The SMILES string of the molecule is CSc1ccccc1-c1nc(Cl)c2cc(C)c(F)cc2n1. The molecule has 0 atom stereocenters. The summed E-state index contributed by atoms with van der Waals surface area (Å²) < 4.78 is 13.8. The summed E-state index contributed by atoms with van der Waals surface area (Å²) in [5.41, 5.74) is 1.95. The molecular weight excluding hydrogens is 307 g/mol. The second-order valence-electron chi connectivity index (χ2n) is 4.66. The average Bonchev–Trinajstić information content (AvgIpc) is 2.49. The number of halogens is 2. The van der Waals surface area contributed by atoms with Gasteiger partial charge in [-0.15, -0.1) is 11.8 Å². The van der Waals surface area contributed by atoms with Crippen LogP contribution < -0.4 is 0 Å². The van der Waals surface area contributed by atoms with Gasteiger partial charge in [-0.25, -0.2) is 14.4 Å². The van der Waals surface area contributed by atoms with Crippen LogP contribution in [0, 0.1) is 12.7 Å². The number of rotatable bonds is 2. The van der Waals surface area contributed by atoms with Gasteiger partial charge < -0.3 is 0 Å². The van der Waals surface area contributed by atoms with Gasteiger partial charge in [0.15, 0.2) is 5.82 Å². The van der Waals surface area contributed by atoms with Crippen molar-refractivity contribution < 1.29 is 4.39 Å². The topological polar surface area (TPSA) is 25.8 Å². The highest BCUT2D eigenvalue weighted by molar-refractivity contribution is 7.98. The molecule has 0 N–H and O–H groups in total. The van der Waals surface area contributed by atoms with Gasteiger partial charge in [0, 0.05) is 21.9 Å². The van der Waals surface area contributed by atoms with Gasteiger partial charge in [-0.1, -0.05) is 29.8 Å². The maximum atomic E-state index is 13.8. The third kappa shape index (κ3) is 2.61. The average molecular weight is 319 g/mol. The van der Waals surface area contributed by atoms with Gasteiger partial charge in [0.05, 0.1) is 5.52 Å². The zero-order chi connectivity index (χ0) is 15.0. The van der Waals surface area contributed by atoms with Crippen LogP contribution in [0.3, 0.4) is 0 Å². The first kappa shape index (κ1) is 14.3. The van der Waals surface area contributed by atoms with E-state index >= 15 is 0 Å². The Kier molecular flexibility index (Phi) is 3.83. The summed E-state index contributed by atoms with van der Waals surface area (Å²) in [6.07, 6.45) is 1.99. The molecule has 5 heteroatoms. The Morgan fingerprint density at radius 1 is 1.14 bits per heavy atom. The lowest BCUT2D eigenvalue weighted by molar-refractivity contribution is 0.620. The molecule has 0 radical (unpaired) electrons. The Morgan fingerprint density at radius 2 is 1.90 bits per heavy atom. The van der Waals surface area contributed by atoms with Crippen molar-refractivity contribution in [3.8, 4) is 11.4 Å². The van der Waals surface area contributed by atoms with E-state index in [2.05, 4.69) is 9.97 Å². The first-order chi connectivity index (χ1) is 10.1. The Morgan fingerprint density at radius 3 is 2.67 bits per heavy atom. The molecule has 0 amide bonds. The van der Waals surface area contributed by atoms with Crippen molar-refractivity contribution in [1.82, 2.24) is 9.97 Å². The van der Waals surface area contributed by atoms with Crippen molar-refractivity contribution in [3.63, 3.8) is 0 Å². The number of thioether (sulfide) groups is 1. The smallest absolute Gasteiger partial charge is 0.162 e. The molecule has 3 rings (SSSR count). The third-order valence-electron chi connectivity index (χ3n) is 3.28. The minimum atomic E-state index is -0.290. The lowest BCUT2D eigenvalue weighted by Gasteiger charge is -2.09. The number of hydrogen-bond donors (Lipinski definition) is 0. The standard InChI is InChI=1S/C16H12ClFN2S/c1-9-7-11-13(8-12(9)18)19-16(20-15(11)17)10-5-3-4-6-14(10)21-2/h3-8H,1-2H3. The molecule has 0 aliphatic carbocycles. The molecule has 0 aliphatic heterocycles. The van der Waals surface area contributed by atoms with Crippen molar-refractivity contribution >= 4 is 34.3 Å². The molecule has 0 unspecified atom stereocenters. The van der Waals surface area contributed by atoms with Crippen LogP contribution in [0.15, 0.2) is 41.3 Å². The fourth-order valence-corrected chi connectivity index (χ4v) is 3.00. The summed E-state index contributed by atoms with van der Waals surface area (Å²) in [6.45, 7) is 1.70. The van der Waals surface area contributed by atoms with Crippen LogP contribution in [0.5, 0.6) is 0 Å². The molecule has 0 fully saturated rings. The van der Waals surface area contributed by atoms with E-state index in [1.807, 2.05) is 30.5 Å². The van der Waals surface area contributed by atoms with Gasteiger partial charge in [0.25, 0.3) is 0 Å². The van der Waals surface area contributed by atoms with Crippen molar-refractivity contribution in [2.24, 2.45) is 0 Å². The highest BCUT2D eigenvalue weighted by atomic mass is 35.5. The number of benzene rings is 2. The van der Waals surface area contributed by atoms with Gasteiger partial charge in [0.2, 0.25) is 0 Å². The lowest BCUT2D eigenvalue weighted by atomic mass is 10.1. The maximum Gasteiger partial charge on any atom is 0.162 e. The lowest BCUT2D eigenvalue weighted by Crippen LogP contribution is -1.95. The normalized spacial score (nSPS) is 11.0. The number of fused-ring (bicyclic) bond motifs is 1. The quantitative estimate of drug-likeness (QED) is 0.484. The van der Waals surface area contributed by atoms with Crippen LogP contribution in [-0.2, 0) is 0 Å². The molecule has 1 heterocycles. The molecule has 21 heavy (non-hydrogen) atoms. The van der Waals surface area contributed by atoms with E-state index in [1.165, 1.54) is 6.07 Å². The van der Waals surface area contributed by atoms with Crippen molar-refractivity contribution in [1.29, 1.82) is 0 Å². The summed E-state index contributed by atoms with van der Waals surface area (Å²) >= 11 is 7.86. The fourth-order valence-electron chi connectivity index (χ4n) is 2.17. The molecule has 0 saturated carbocycles. The minimum Gasteiger partial charge on any atom is -0.228 e. The third-order valence-corrected chi connectivity index (χ3v) is 4.36. The van der Waals surface area contributed by atoms with E-state index in [1.54, 1.807) is 24.8 Å². The van der Waals surface area contributed by atoms with Gasteiger partial charge >= 0.3 is 0 Å². The predicted molar refractivity (Wildman–Crippen MR) is 86.5 cm³/mol. The zero-order valence-electron chi connectivity index (χ0n) is 11.5. The Labute approximate surface area is 131 Å². The van der Waals surface area contributed by atoms with E-state index in [4.69, 9.17) is 11.6 Å². The monoisotopic (exact) mass is 318 g/mol. The van der Waals surface area contributed by atoms with E-state index in [0.717, 1.165) is 10.5 Å².